The van der Waals surface area contributed by atoms with Crippen LogP contribution >= 0.6 is 0 Å². The molecule has 0 saturated heterocycles. The van der Waals surface area contributed by atoms with Gasteiger partial charge in [0, 0.05) is 23.5 Å². The monoisotopic (exact) mass is 282 g/mol. The van der Waals surface area contributed by atoms with Gasteiger partial charge >= 0.3 is 0 Å². The first-order chi connectivity index (χ1) is 10.2. The molecule has 5 heteroatoms. The molecule has 0 spiro atoms. The molecule has 1 aromatic heterocycles. The summed E-state index contributed by atoms with van der Waals surface area (Å²) in [6.45, 7) is 2.53. The normalized spacial score (nSPS) is 13.8. The van der Waals surface area contributed by atoms with E-state index in [0.29, 0.717) is 6.54 Å². The van der Waals surface area contributed by atoms with Gasteiger partial charge in [-0.2, -0.15) is 0 Å². The van der Waals surface area contributed by atoms with E-state index in [1.54, 1.807) is 6.20 Å². The summed E-state index contributed by atoms with van der Waals surface area (Å²) in [5.41, 5.74) is 2.79. The Labute approximate surface area is 123 Å². The molecular weight excluding hydrogens is 264 g/mol. The minimum atomic E-state index is 0.132. The molecule has 1 aliphatic carbocycles. The number of carbonyl (C=O) groups excluding carboxylic acids is 1. The lowest BCUT2D eigenvalue weighted by Gasteiger charge is -2.08. The van der Waals surface area contributed by atoms with Gasteiger partial charge in [0.25, 0.3) is 0 Å². The maximum absolute atomic E-state index is 11.7. The topological polar surface area (TPSA) is 66.9 Å². The van der Waals surface area contributed by atoms with Crippen LogP contribution in [0.5, 0.6) is 0 Å². The predicted octanol–water partition coefficient (Wildman–Crippen LogP) is 2.75. The average molecular weight is 282 g/mol. The van der Waals surface area contributed by atoms with Gasteiger partial charge in [-0.1, -0.05) is 0 Å². The van der Waals surface area contributed by atoms with Crippen molar-refractivity contribution in [2.45, 2.75) is 26.3 Å². The third-order valence-electron chi connectivity index (χ3n) is 3.41. The third kappa shape index (κ3) is 3.78. The first kappa shape index (κ1) is 13.5. The lowest BCUT2D eigenvalue weighted by Crippen LogP contribution is -2.13. The van der Waals surface area contributed by atoms with Crippen molar-refractivity contribution in [1.29, 1.82) is 0 Å². The Hall–Kier alpha value is -2.43. The number of aryl methyl sites for hydroxylation is 1. The molecule has 108 valence electrons. The number of nitrogens with one attached hydrogen (secondary N) is 2. The Balaban J connectivity index is 1.55. The molecular formula is C16H18N4O. The molecule has 0 aliphatic heterocycles. The number of nitrogens with zero attached hydrogens (tertiary/aromatic N) is 2. The fourth-order valence-corrected chi connectivity index (χ4v) is 2.06. The van der Waals surface area contributed by atoms with Gasteiger partial charge in [-0.15, -0.1) is 0 Å². The van der Waals surface area contributed by atoms with Crippen LogP contribution in [0.3, 0.4) is 0 Å². The molecule has 1 aliphatic rings. The Bertz CT molecular complexity index is 635. The number of amides is 1. The van der Waals surface area contributed by atoms with Crippen molar-refractivity contribution in [2.24, 2.45) is 5.92 Å². The van der Waals surface area contributed by atoms with Crippen molar-refractivity contribution in [3.05, 3.63) is 48.0 Å². The van der Waals surface area contributed by atoms with E-state index in [-0.39, 0.29) is 11.8 Å². The lowest BCUT2D eigenvalue weighted by atomic mass is 10.2. The van der Waals surface area contributed by atoms with E-state index in [0.717, 1.165) is 35.7 Å². The van der Waals surface area contributed by atoms with Gasteiger partial charge in [-0.05, 0) is 50.1 Å². The largest absolute Gasteiger partial charge is 0.379 e. The van der Waals surface area contributed by atoms with Gasteiger partial charge in [0.2, 0.25) is 5.91 Å². The molecule has 0 radical (unpaired) electrons. The van der Waals surface area contributed by atoms with E-state index >= 15 is 0 Å². The molecule has 1 saturated carbocycles. The number of carbonyl (C=O) groups is 1. The summed E-state index contributed by atoms with van der Waals surface area (Å²) in [5.74, 6) is 1.13. The second-order valence-corrected chi connectivity index (χ2v) is 5.29. The summed E-state index contributed by atoms with van der Waals surface area (Å²) in [6.07, 6.45) is 3.80. The van der Waals surface area contributed by atoms with Gasteiger partial charge in [-0.25, -0.2) is 9.97 Å². The van der Waals surface area contributed by atoms with Crippen LogP contribution in [0.2, 0.25) is 0 Å². The van der Waals surface area contributed by atoms with Crippen molar-refractivity contribution >= 4 is 17.3 Å². The zero-order valence-corrected chi connectivity index (χ0v) is 12.0. The van der Waals surface area contributed by atoms with Crippen LogP contribution in [0.4, 0.5) is 11.4 Å². The van der Waals surface area contributed by atoms with Gasteiger partial charge in [0.1, 0.15) is 5.82 Å². The molecule has 2 N–H and O–H groups in total. The highest BCUT2D eigenvalue weighted by molar-refractivity contribution is 5.94. The van der Waals surface area contributed by atoms with Crippen LogP contribution in [0.25, 0.3) is 0 Å². The number of hydrogen-bond acceptors (Lipinski definition) is 4. The van der Waals surface area contributed by atoms with Crippen molar-refractivity contribution in [3.8, 4) is 0 Å². The highest BCUT2D eigenvalue weighted by atomic mass is 16.2. The molecule has 2 aromatic rings. The molecule has 1 aromatic carbocycles. The quantitative estimate of drug-likeness (QED) is 0.885. The Morgan fingerprint density at radius 1 is 1.19 bits per heavy atom. The van der Waals surface area contributed by atoms with Gasteiger partial charge in [0.05, 0.1) is 12.2 Å². The predicted molar refractivity (Wildman–Crippen MR) is 81.9 cm³/mol. The molecule has 0 unspecified atom stereocenters. The van der Waals surface area contributed by atoms with E-state index < -0.39 is 0 Å². The third-order valence-corrected chi connectivity index (χ3v) is 3.41. The van der Waals surface area contributed by atoms with Crippen molar-refractivity contribution in [3.63, 3.8) is 0 Å². The van der Waals surface area contributed by atoms with Crippen LogP contribution in [0.1, 0.15) is 24.4 Å². The minimum absolute atomic E-state index is 0.132. The first-order valence-corrected chi connectivity index (χ1v) is 7.14. The van der Waals surface area contributed by atoms with E-state index in [9.17, 15) is 4.79 Å². The first-order valence-electron chi connectivity index (χ1n) is 7.14. The van der Waals surface area contributed by atoms with Crippen LogP contribution in [-0.4, -0.2) is 15.9 Å². The molecule has 1 heterocycles. The smallest absolute Gasteiger partial charge is 0.227 e. The summed E-state index contributed by atoms with van der Waals surface area (Å²) in [7, 11) is 0. The Morgan fingerprint density at radius 2 is 1.90 bits per heavy atom. The van der Waals surface area contributed by atoms with E-state index in [4.69, 9.17) is 0 Å². The van der Waals surface area contributed by atoms with Crippen molar-refractivity contribution in [2.75, 3.05) is 10.6 Å². The maximum Gasteiger partial charge on any atom is 0.227 e. The average Bonchev–Trinajstić information content (AvgIpc) is 3.31. The molecule has 1 amide bonds. The molecule has 0 atom stereocenters. The fraction of sp³-hybridized carbons (Fsp3) is 0.312. The van der Waals surface area contributed by atoms with Gasteiger partial charge in [-0.3, -0.25) is 4.79 Å². The molecule has 1 fully saturated rings. The lowest BCUT2D eigenvalue weighted by molar-refractivity contribution is -0.117. The second kappa shape index (κ2) is 5.91. The summed E-state index contributed by atoms with van der Waals surface area (Å²) in [6, 6.07) is 9.62. The van der Waals surface area contributed by atoms with Crippen LogP contribution < -0.4 is 10.6 Å². The number of rotatable bonds is 5. The van der Waals surface area contributed by atoms with E-state index in [1.165, 1.54) is 0 Å². The summed E-state index contributed by atoms with van der Waals surface area (Å²) in [4.78, 5) is 20.1. The summed E-state index contributed by atoms with van der Waals surface area (Å²) < 4.78 is 0. The highest BCUT2D eigenvalue weighted by Crippen LogP contribution is 2.30. The van der Waals surface area contributed by atoms with Gasteiger partial charge in [0.15, 0.2) is 0 Å². The standard InChI is InChI=1S/C16H18N4O/c1-11-17-9-8-15(19-11)10-18-13-4-6-14(7-5-13)20-16(21)12-2-3-12/h4-9,12,18H,2-3,10H2,1H3,(H,20,21). The zero-order valence-electron chi connectivity index (χ0n) is 12.0. The SMILES string of the molecule is Cc1nccc(CNc2ccc(NC(=O)C3CC3)cc2)n1. The second-order valence-electron chi connectivity index (χ2n) is 5.29. The van der Waals surface area contributed by atoms with Crippen molar-refractivity contribution < 1.29 is 4.79 Å². The van der Waals surface area contributed by atoms with E-state index in [2.05, 4.69) is 20.6 Å². The molecule has 21 heavy (non-hydrogen) atoms. The summed E-state index contributed by atoms with van der Waals surface area (Å²) in [5, 5.41) is 6.23. The van der Waals surface area contributed by atoms with E-state index in [1.807, 2.05) is 37.3 Å². The minimum Gasteiger partial charge on any atom is -0.379 e. The number of aromatic nitrogens is 2. The van der Waals surface area contributed by atoms with Crippen molar-refractivity contribution in [1.82, 2.24) is 9.97 Å². The fourth-order valence-electron chi connectivity index (χ4n) is 2.06. The Morgan fingerprint density at radius 3 is 2.57 bits per heavy atom. The van der Waals surface area contributed by atoms with Crippen LogP contribution in [0.15, 0.2) is 36.5 Å². The van der Waals surface area contributed by atoms with Crippen LogP contribution in [-0.2, 0) is 11.3 Å². The molecule has 3 rings (SSSR count). The Kier molecular flexibility index (Phi) is 3.81. The highest BCUT2D eigenvalue weighted by Gasteiger charge is 2.29. The maximum atomic E-state index is 11.7. The van der Waals surface area contributed by atoms with Crippen LogP contribution in [0, 0.1) is 12.8 Å². The number of benzene rings is 1. The molecule has 5 nitrogen and oxygen atoms in total. The zero-order chi connectivity index (χ0) is 14.7. The van der Waals surface area contributed by atoms with Gasteiger partial charge < -0.3 is 10.6 Å². The number of anilines is 2. The summed E-state index contributed by atoms with van der Waals surface area (Å²) >= 11 is 0. The molecule has 0 bridgehead atoms. The number of hydrogen-bond donors (Lipinski definition) is 2.